The van der Waals surface area contributed by atoms with Gasteiger partial charge < -0.3 is 16.2 Å². The fourth-order valence-electron chi connectivity index (χ4n) is 1.33. The molecule has 1 rings (SSSR count). The average molecular weight is 224 g/mol. The molecular weight excluding hydrogens is 204 g/mol. The number of hydrogen-bond donors (Lipinski definition) is 3. The molecule has 90 valence electrons. The van der Waals surface area contributed by atoms with Crippen LogP contribution in [0.4, 0.5) is 11.6 Å². The zero-order valence-electron chi connectivity index (χ0n) is 10.1. The van der Waals surface area contributed by atoms with E-state index in [0.29, 0.717) is 24.6 Å². The third-order valence-corrected chi connectivity index (χ3v) is 2.73. The van der Waals surface area contributed by atoms with Gasteiger partial charge in [-0.05, 0) is 19.8 Å². The van der Waals surface area contributed by atoms with Gasteiger partial charge in [0, 0.05) is 12.1 Å². The van der Waals surface area contributed by atoms with Crippen LogP contribution in [-0.2, 0) is 6.42 Å². The Morgan fingerprint density at radius 2 is 2.12 bits per heavy atom. The van der Waals surface area contributed by atoms with Gasteiger partial charge >= 0.3 is 0 Å². The highest BCUT2D eigenvalue weighted by Gasteiger charge is 2.18. The van der Waals surface area contributed by atoms with Crippen LogP contribution >= 0.6 is 0 Å². The van der Waals surface area contributed by atoms with E-state index in [1.165, 1.54) is 6.33 Å². The van der Waals surface area contributed by atoms with Gasteiger partial charge in [-0.2, -0.15) is 0 Å². The topological polar surface area (TPSA) is 84.1 Å². The smallest absolute Gasteiger partial charge is 0.134 e. The van der Waals surface area contributed by atoms with E-state index in [2.05, 4.69) is 15.3 Å². The number of nitrogens with two attached hydrogens (primary N) is 1. The molecule has 0 aliphatic carbocycles. The van der Waals surface area contributed by atoms with Gasteiger partial charge in [-0.3, -0.25) is 0 Å². The van der Waals surface area contributed by atoms with E-state index in [-0.39, 0.29) is 0 Å². The van der Waals surface area contributed by atoms with Gasteiger partial charge in [0.05, 0.1) is 5.60 Å². The van der Waals surface area contributed by atoms with E-state index in [9.17, 15) is 5.11 Å². The summed E-state index contributed by atoms with van der Waals surface area (Å²) in [6, 6.07) is 0. The molecule has 0 amide bonds. The highest BCUT2D eigenvalue weighted by atomic mass is 16.3. The monoisotopic (exact) mass is 224 g/mol. The van der Waals surface area contributed by atoms with Gasteiger partial charge in [0.15, 0.2) is 0 Å². The van der Waals surface area contributed by atoms with E-state index in [1.54, 1.807) is 6.92 Å². The first kappa shape index (κ1) is 12.7. The number of anilines is 2. The molecule has 0 bridgehead atoms. The molecule has 1 atom stereocenters. The Labute approximate surface area is 96.1 Å². The quantitative estimate of drug-likeness (QED) is 0.699. The second-order valence-corrected chi connectivity index (χ2v) is 4.14. The van der Waals surface area contributed by atoms with Crippen molar-refractivity contribution in [3.63, 3.8) is 0 Å². The zero-order valence-corrected chi connectivity index (χ0v) is 10.1. The number of rotatable bonds is 5. The van der Waals surface area contributed by atoms with Crippen molar-refractivity contribution >= 4 is 11.6 Å². The molecule has 1 aromatic rings. The van der Waals surface area contributed by atoms with Crippen molar-refractivity contribution in [3.05, 3.63) is 11.9 Å². The molecule has 1 unspecified atom stereocenters. The largest absolute Gasteiger partial charge is 0.388 e. The summed E-state index contributed by atoms with van der Waals surface area (Å²) in [5.41, 5.74) is 5.92. The summed E-state index contributed by atoms with van der Waals surface area (Å²) in [5.74, 6) is 1.21. The van der Waals surface area contributed by atoms with Crippen molar-refractivity contribution in [1.29, 1.82) is 0 Å². The lowest BCUT2D eigenvalue weighted by Gasteiger charge is -2.22. The molecule has 4 N–H and O–H groups in total. The number of nitrogens with one attached hydrogen (secondary N) is 1. The Morgan fingerprint density at radius 1 is 1.44 bits per heavy atom. The van der Waals surface area contributed by atoms with Gasteiger partial charge in [0.25, 0.3) is 0 Å². The standard InChI is InChI=1S/C11H20N4O/c1-4-8-9(12)14-7-15-10(8)13-6-11(3,16)5-2/h7,16H,4-6H2,1-3H3,(H3,12,13,14,15). The van der Waals surface area contributed by atoms with Gasteiger partial charge in [-0.1, -0.05) is 13.8 Å². The molecule has 5 nitrogen and oxygen atoms in total. The van der Waals surface area contributed by atoms with E-state index < -0.39 is 5.60 Å². The van der Waals surface area contributed by atoms with E-state index in [4.69, 9.17) is 5.73 Å². The molecule has 0 radical (unpaired) electrons. The summed E-state index contributed by atoms with van der Waals surface area (Å²) in [6.45, 7) is 6.18. The lowest BCUT2D eigenvalue weighted by Crippen LogP contribution is -2.33. The fraction of sp³-hybridized carbons (Fsp3) is 0.636. The molecule has 1 heterocycles. The van der Waals surface area contributed by atoms with Crippen LogP contribution < -0.4 is 11.1 Å². The predicted molar refractivity (Wildman–Crippen MR) is 65.2 cm³/mol. The molecule has 0 saturated carbocycles. The molecule has 0 aliphatic heterocycles. The summed E-state index contributed by atoms with van der Waals surface area (Å²) in [7, 11) is 0. The highest BCUT2D eigenvalue weighted by Crippen LogP contribution is 2.18. The zero-order chi connectivity index (χ0) is 12.2. The SMILES string of the molecule is CCc1c(N)ncnc1NCC(C)(O)CC. The Hall–Kier alpha value is -1.36. The minimum absolute atomic E-state index is 0.451. The number of nitrogen functional groups attached to an aromatic ring is 1. The maximum Gasteiger partial charge on any atom is 0.134 e. The fourth-order valence-corrected chi connectivity index (χ4v) is 1.33. The van der Waals surface area contributed by atoms with Crippen molar-refractivity contribution in [2.45, 2.75) is 39.2 Å². The molecule has 16 heavy (non-hydrogen) atoms. The van der Waals surface area contributed by atoms with Crippen LogP contribution in [0.25, 0.3) is 0 Å². The third-order valence-electron chi connectivity index (χ3n) is 2.73. The van der Waals surface area contributed by atoms with Crippen molar-refractivity contribution in [3.8, 4) is 0 Å². The Bertz CT molecular complexity index is 352. The number of hydrogen-bond acceptors (Lipinski definition) is 5. The van der Waals surface area contributed by atoms with Crippen molar-refractivity contribution < 1.29 is 5.11 Å². The molecule has 0 saturated heterocycles. The second kappa shape index (κ2) is 5.12. The number of aliphatic hydroxyl groups is 1. The normalized spacial score (nSPS) is 14.5. The molecule has 0 aromatic carbocycles. The second-order valence-electron chi connectivity index (χ2n) is 4.14. The molecule has 0 fully saturated rings. The molecule has 1 aromatic heterocycles. The van der Waals surface area contributed by atoms with E-state index in [0.717, 1.165) is 12.0 Å². The van der Waals surface area contributed by atoms with E-state index in [1.807, 2.05) is 13.8 Å². The summed E-state index contributed by atoms with van der Waals surface area (Å²) < 4.78 is 0. The van der Waals surface area contributed by atoms with Crippen LogP contribution in [0.3, 0.4) is 0 Å². The predicted octanol–water partition coefficient (Wildman–Crippen LogP) is 1.19. The number of aromatic nitrogens is 2. The van der Waals surface area contributed by atoms with Crippen LogP contribution in [0.2, 0.25) is 0 Å². The summed E-state index contributed by atoms with van der Waals surface area (Å²) in [4.78, 5) is 8.07. The molecular formula is C11H20N4O. The number of nitrogens with zero attached hydrogens (tertiary/aromatic N) is 2. The third kappa shape index (κ3) is 3.06. The maximum absolute atomic E-state index is 9.88. The minimum atomic E-state index is -0.731. The van der Waals surface area contributed by atoms with Gasteiger partial charge in [0.2, 0.25) is 0 Å². The molecule has 5 heteroatoms. The van der Waals surface area contributed by atoms with Gasteiger partial charge in [0.1, 0.15) is 18.0 Å². The Balaban J connectivity index is 2.78. The molecule has 0 spiro atoms. The van der Waals surface area contributed by atoms with Crippen LogP contribution in [0.15, 0.2) is 6.33 Å². The summed E-state index contributed by atoms with van der Waals surface area (Å²) >= 11 is 0. The van der Waals surface area contributed by atoms with Crippen molar-refractivity contribution in [2.24, 2.45) is 0 Å². The summed E-state index contributed by atoms with van der Waals surface area (Å²) in [5, 5.41) is 13.0. The van der Waals surface area contributed by atoms with Crippen molar-refractivity contribution in [1.82, 2.24) is 9.97 Å². The van der Waals surface area contributed by atoms with Crippen LogP contribution in [0, 0.1) is 0 Å². The maximum atomic E-state index is 9.88. The van der Waals surface area contributed by atoms with Gasteiger partial charge in [-0.15, -0.1) is 0 Å². The van der Waals surface area contributed by atoms with E-state index >= 15 is 0 Å². The first-order chi connectivity index (χ1) is 7.50. The first-order valence-corrected chi connectivity index (χ1v) is 5.55. The average Bonchev–Trinajstić information content (AvgIpc) is 2.26. The molecule has 0 aliphatic rings. The lowest BCUT2D eigenvalue weighted by atomic mass is 10.0. The lowest BCUT2D eigenvalue weighted by molar-refractivity contribution is 0.0696. The highest BCUT2D eigenvalue weighted by molar-refractivity contribution is 5.54. The first-order valence-electron chi connectivity index (χ1n) is 5.55. The van der Waals surface area contributed by atoms with Crippen molar-refractivity contribution in [2.75, 3.05) is 17.6 Å². The minimum Gasteiger partial charge on any atom is -0.388 e. The van der Waals surface area contributed by atoms with Gasteiger partial charge in [-0.25, -0.2) is 9.97 Å². The van der Waals surface area contributed by atoms with Crippen LogP contribution in [0.5, 0.6) is 0 Å². The Morgan fingerprint density at radius 3 is 2.69 bits per heavy atom. The summed E-state index contributed by atoms with van der Waals surface area (Å²) in [6.07, 6.45) is 2.88. The Kier molecular flexibility index (Phi) is 4.06. The van der Waals surface area contributed by atoms with Crippen LogP contribution in [-0.4, -0.2) is 27.2 Å². The van der Waals surface area contributed by atoms with Crippen LogP contribution in [0.1, 0.15) is 32.8 Å².